The van der Waals surface area contributed by atoms with Crippen LogP contribution in [-0.2, 0) is 6.42 Å². The molecule has 0 bridgehead atoms. The van der Waals surface area contributed by atoms with Gasteiger partial charge >= 0.3 is 0 Å². The van der Waals surface area contributed by atoms with E-state index < -0.39 is 18.3 Å². The second kappa shape index (κ2) is 9.98. The van der Waals surface area contributed by atoms with Gasteiger partial charge in [-0.15, -0.1) is 0 Å². The average molecular weight is 381 g/mol. The van der Waals surface area contributed by atoms with E-state index >= 15 is 0 Å². The molecule has 0 N–H and O–H groups in total. The molecule has 0 spiro atoms. The first-order valence-electron chi connectivity index (χ1n) is 11.2. The van der Waals surface area contributed by atoms with Gasteiger partial charge in [0.05, 0.1) is 6.67 Å². The summed E-state index contributed by atoms with van der Waals surface area (Å²) in [4.78, 5) is 0. The van der Waals surface area contributed by atoms with Crippen LogP contribution in [-0.4, -0.2) is 6.67 Å². The number of aryl methyl sites for hydroxylation is 1. The summed E-state index contributed by atoms with van der Waals surface area (Å²) in [6, 6.07) is 3.43. The summed E-state index contributed by atoms with van der Waals surface area (Å²) in [6.45, 7) is 1.79. The van der Waals surface area contributed by atoms with Gasteiger partial charge in [0.15, 0.2) is 11.6 Å². The Hall–Kier alpha value is -0.990. The summed E-state index contributed by atoms with van der Waals surface area (Å²) in [7, 11) is 0. The molecule has 2 fully saturated rings. The minimum absolute atomic E-state index is 0.141. The van der Waals surface area contributed by atoms with Crippen molar-refractivity contribution in [2.75, 3.05) is 6.67 Å². The monoisotopic (exact) mass is 380 g/mol. The Bertz CT molecular complexity index is 582. The maximum atomic E-state index is 14.6. The average Bonchev–Trinajstić information content (AvgIpc) is 2.70. The predicted octanol–water partition coefficient (Wildman–Crippen LogP) is 7.75. The summed E-state index contributed by atoms with van der Waals surface area (Å²) in [6.07, 6.45) is 13.0. The van der Waals surface area contributed by atoms with Gasteiger partial charge in [-0.3, -0.25) is 4.39 Å². The lowest BCUT2D eigenvalue weighted by atomic mass is 9.68. The van der Waals surface area contributed by atoms with Gasteiger partial charge in [-0.1, -0.05) is 44.7 Å². The molecule has 0 amide bonds. The molecule has 2 aliphatic carbocycles. The van der Waals surface area contributed by atoms with Gasteiger partial charge in [0, 0.05) is 0 Å². The SMILES string of the molecule is CCCC1CCC(C2CCC(c3ccc(CCCF)c(F)c3F)CC2)CC1. The van der Waals surface area contributed by atoms with Crippen molar-refractivity contribution in [3.05, 3.63) is 34.9 Å². The van der Waals surface area contributed by atoms with Gasteiger partial charge in [-0.05, 0) is 86.2 Å². The Balaban J connectivity index is 1.54. The molecule has 2 aliphatic rings. The fraction of sp³-hybridized carbons (Fsp3) is 0.750. The van der Waals surface area contributed by atoms with Gasteiger partial charge in [0.2, 0.25) is 0 Å². The molecule has 0 atom stereocenters. The van der Waals surface area contributed by atoms with Crippen LogP contribution in [0.2, 0.25) is 0 Å². The van der Waals surface area contributed by atoms with E-state index in [2.05, 4.69) is 6.92 Å². The minimum Gasteiger partial charge on any atom is -0.251 e. The first-order valence-corrected chi connectivity index (χ1v) is 11.2. The lowest BCUT2D eigenvalue weighted by Crippen LogP contribution is -2.25. The number of alkyl halides is 1. The van der Waals surface area contributed by atoms with E-state index in [4.69, 9.17) is 0 Å². The van der Waals surface area contributed by atoms with E-state index in [-0.39, 0.29) is 18.8 Å². The van der Waals surface area contributed by atoms with Crippen LogP contribution in [0.4, 0.5) is 13.2 Å². The summed E-state index contributed by atoms with van der Waals surface area (Å²) in [5, 5.41) is 0. The topological polar surface area (TPSA) is 0 Å². The molecule has 2 saturated carbocycles. The molecule has 0 nitrogen and oxygen atoms in total. The quantitative estimate of drug-likeness (QED) is 0.453. The van der Waals surface area contributed by atoms with Crippen LogP contribution in [0.3, 0.4) is 0 Å². The largest absolute Gasteiger partial charge is 0.251 e. The second-order valence-corrected chi connectivity index (χ2v) is 8.92. The molecule has 1 aromatic carbocycles. The molecule has 0 aromatic heterocycles. The van der Waals surface area contributed by atoms with Crippen LogP contribution in [0.1, 0.15) is 94.6 Å². The zero-order chi connectivity index (χ0) is 19.2. The third-order valence-electron chi connectivity index (χ3n) is 7.24. The molecule has 3 heteroatoms. The van der Waals surface area contributed by atoms with Gasteiger partial charge in [0.1, 0.15) is 0 Å². The standard InChI is InChI=1S/C24H35F3/c1-2-4-17-6-8-18(9-7-17)19-10-12-20(13-11-19)22-15-14-21(5-3-16-25)23(26)24(22)27/h14-15,17-20H,2-13,16H2,1H3. The summed E-state index contributed by atoms with van der Waals surface area (Å²) >= 11 is 0. The van der Waals surface area contributed by atoms with Crippen LogP contribution in [0.15, 0.2) is 12.1 Å². The Morgan fingerprint density at radius 2 is 1.48 bits per heavy atom. The van der Waals surface area contributed by atoms with Crippen molar-refractivity contribution < 1.29 is 13.2 Å². The van der Waals surface area contributed by atoms with E-state index in [0.29, 0.717) is 11.1 Å². The van der Waals surface area contributed by atoms with Gasteiger partial charge in [-0.2, -0.15) is 0 Å². The van der Waals surface area contributed by atoms with Crippen molar-refractivity contribution in [2.24, 2.45) is 17.8 Å². The maximum Gasteiger partial charge on any atom is 0.162 e. The Kier molecular flexibility index (Phi) is 7.66. The van der Waals surface area contributed by atoms with Crippen LogP contribution in [0.5, 0.6) is 0 Å². The molecular weight excluding hydrogens is 345 g/mol. The van der Waals surface area contributed by atoms with Crippen LogP contribution < -0.4 is 0 Å². The number of hydrogen-bond acceptors (Lipinski definition) is 0. The lowest BCUT2D eigenvalue weighted by molar-refractivity contribution is 0.156. The fourth-order valence-electron chi connectivity index (χ4n) is 5.63. The zero-order valence-corrected chi connectivity index (χ0v) is 16.8. The minimum atomic E-state index is -0.752. The van der Waals surface area contributed by atoms with Crippen molar-refractivity contribution in [1.82, 2.24) is 0 Å². The van der Waals surface area contributed by atoms with E-state index in [1.54, 1.807) is 12.1 Å². The highest BCUT2D eigenvalue weighted by Crippen LogP contribution is 2.45. The molecule has 1 aromatic rings. The molecule has 0 saturated heterocycles. The van der Waals surface area contributed by atoms with Gasteiger partial charge in [-0.25, -0.2) is 8.78 Å². The normalized spacial score (nSPS) is 29.0. The lowest BCUT2D eigenvalue weighted by Gasteiger charge is -2.38. The fourth-order valence-corrected chi connectivity index (χ4v) is 5.63. The van der Waals surface area contributed by atoms with Crippen LogP contribution in [0, 0.1) is 29.4 Å². The summed E-state index contributed by atoms with van der Waals surface area (Å²) in [5.74, 6) is 1.27. The van der Waals surface area contributed by atoms with E-state index in [1.807, 2.05) is 0 Å². The zero-order valence-electron chi connectivity index (χ0n) is 16.8. The molecule has 27 heavy (non-hydrogen) atoms. The summed E-state index contributed by atoms with van der Waals surface area (Å²) in [5.41, 5.74) is 0.855. The first-order chi connectivity index (χ1) is 13.1. The van der Waals surface area contributed by atoms with E-state index in [1.165, 1.54) is 38.5 Å². The highest BCUT2D eigenvalue weighted by molar-refractivity contribution is 5.29. The highest BCUT2D eigenvalue weighted by Gasteiger charge is 2.32. The molecular formula is C24H35F3. The van der Waals surface area contributed by atoms with Crippen molar-refractivity contribution in [2.45, 2.75) is 89.9 Å². The van der Waals surface area contributed by atoms with Gasteiger partial charge < -0.3 is 0 Å². The van der Waals surface area contributed by atoms with Crippen molar-refractivity contribution in [1.29, 1.82) is 0 Å². The molecule has 0 heterocycles. The number of rotatable bonds is 7. The molecule has 152 valence electrons. The predicted molar refractivity (Wildman–Crippen MR) is 106 cm³/mol. The number of hydrogen-bond donors (Lipinski definition) is 0. The molecule has 0 radical (unpaired) electrons. The Morgan fingerprint density at radius 3 is 2.07 bits per heavy atom. The van der Waals surface area contributed by atoms with Gasteiger partial charge in [0.25, 0.3) is 0 Å². The first kappa shape index (κ1) is 20.7. The number of benzene rings is 1. The van der Waals surface area contributed by atoms with Crippen molar-refractivity contribution in [3.63, 3.8) is 0 Å². The second-order valence-electron chi connectivity index (χ2n) is 8.92. The molecule has 0 unspecified atom stereocenters. The molecule has 0 aliphatic heterocycles. The van der Waals surface area contributed by atoms with Crippen molar-refractivity contribution >= 4 is 0 Å². The number of halogens is 3. The van der Waals surface area contributed by atoms with E-state index in [0.717, 1.165) is 43.4 Å². The van der Waals surface area contributed by atoms with E-state index in [9.17, 15) is 13.2 Å². The third kappa shape index (κ3) is 5.09. The molecule has 3 rings (SSSR count). The smallest absolute Gasteiger partial charge is 0.162 e. The Morgan fingerprint density at radius 1 is 0.852 bits per heavy atom. The summed E-state index contributed by atoms with van der Waals surface area (Å²) < 4.78 is 41.2. The van der Waals surface area contributed by atoms with Crippen molar-refractivity contribution in [3.8, 4) is 0 Å². The van der Waals surface area contributed by atoms with Crippen LogP contribution >= 0.6 is 0 Å². The third-order valence-corrected chi connectivity index (χ3v) is 7.24. The Labute approximate surface area is 162 Å². The van der Waals surface area contributed by atoms with Crippen LogP contribution in [0.25, 0.3) is 0 Å². The maximum absolute atomic E-state index is 14.6. The highest BCUT2D eigenvalue weighted by atomic mass is 19.2.